The monoisotopic (exact) mass is 258 g/mol. The van der Waals surface area contributed by atoms with E-state index in [-0.39, 0.29) is 29.5 Å². The van der Waals surface area contributed by atoms with Gasteiger partial charge in [-0.2, -0.15) is 0 Å². The van der Waals surface area contributed by atoms with Gasteiger partial charge in [-0.1, -0.05) is 13.8 Å². The minimum absolute atomic E-state index is 0.00305. The molecule has 3 unspecified atom stereocenters. The van der Waals surface area contributed by atoms with E-state index in [1.165, 1.54) is 0 Å². The zero-order valence-corrected chi connectivity index (χ0v) is 11.8. The zero-order chi connectivity index (χ0) is 13.8. The lowest BCUT2D eigenvalue weighted by Crippen LogP contribution is -2.63. The molecule has 5 nitrogen and oxygen atoms in total. The largest absolute Gasteiger partial charge is 0.392 e. The summed E-state index contributed by atoms with van der Waals surface area (Å²) in [6.45, 7) is 7.18. The maximum absolute atomic E-state index is 11.8. The number of ether oxygens (including phenoxy) is 1. The molecular weight excluding hydrogens is 232 g/mol. The smallest absolute Gasteiger partial charge is 0.236 e. The minimum Gasteiger partial charge on any atom is -0.392 e. The quantitative estimate of drug-likeness (QED) is 0.574. The summed E-state index contributed by atoms with van der Waals surface area (Å²) < 4.78 is 4.92. The predicted octanol–water partition coefficient (Wildman–Crippen LogP) is 0.277. The third-order valence-electron chi connectivity index (χ3n) is 3.88. The molecule has 1 fully saturated rings. The van der Waals surface area contributed by atoms with Crippen molar-refractivity contribution < 1.29 is 14.6 Å². The van der Waals surface area contributed by atoms with Gasteiger partial charge in [-0.25, -0.2) is 0 Å². The van der Waals surface area contributed by atoms with Crippen LogP contribution in [0.25, 0.3) is 0 Å². The lowest BCUT2D eigenvalue weighted by molar-refractivity contribution is -0.125. The van der Waals surface area contributed by atoms with Crippen LogP contribution >= 0.6 is 0 Å². The lowest BCUT2D eigenvalue weighted by Gasteiger charge is -2.50. The van der Waals surface area contributed by atoms with E-state index in [0.717, 1.165) is 6.42 Å². The van der Waals surface area contributed by atoms with E-state index < -0.39 is 0 Å². The molecule has 0 heterocycles. The first kappa shape index (κ1) is 15.4. The van der Waals surface area contributed by atoms with Crippen molar-refractivity contribution in [2.24, 2.45) is 5.41 Å². The molecule has 1 saturated carbocycles. The Morgan fingerprint density at radius 3 is 2.72 bits per heavy atom. The number of nitrogens with one attached hydrogen (secondary N) is 2. The molecule has 0 saturated heterocycles. The Kier molecular flexibility index (Phi) is 5.56. The summed E-state index contributed by atoms with van der Waals surface area (Å²) in [7, 11) is 1.65. The molecule has 1 aliphatic carbocycles. The summed E-state index contributed by atoms with van der Waals surface area (Å²) in [6, 6.07) is -0.0310. The first-order chi connectivity index (χ1) is 8.39. The molecule has 1 rings (SSSR count). The molecule has 0 bridgehead atoms. The number of aliphatic hydroxyl groups excluding tert-OH is 1. The molecule has 0 radical (unpaired) electrons. The molecule has 0 spiro atoms. The molecule has 5 heteroatoms. The highest BCUT2D eigenvalue weighted by Crippen LogP contribution is 2.40. The number of carbonyl (C=O) groups excluding carboxylic acids is 1. The van der Waals surface area contributed by atoms with Crippen molar-refractivity contribution in [2.75, 3.05) is 20.3 Å². The first-order valence-electron chi connectivity index (χ1n) is 6.60. The number of hydrogen-bond acceptors (Lipinski definition) is 4. The van der Waals surface area contributed by atoms with Crippen molar-refractivity contribution >= 4 is 5.91 Å². The lowest BCUT2D eigenvalue weighted by atomic mass is 9.64. The molecule has 0 aliphatic heterocycles. The van der Waals surface area contributed by atoms with Crippen molar-refractivity contribution in [1.29, 1.82) is 0 Å². The van der Waals surface area contributed by atoms with Gasteiger partial charge in [0.2, 0.25) is 5.91 Å². The molecule has 0 aromatic rings. The average molecular weight is 258 g/mol. The van der Waals surface area contributed by atoms with Crippen LogP contribution in [0.5, 0.6) is 0 Å². The van der Waals surface area contributed by atoms with Crippen LogP contribution in [0, 0.1) is 5.41 Å². The van der Waals surface area contributed by atoms with Crippen LogP contribution < -0.4 is 10.6 Å². The Labute approximate surface area is 109 Å². The van der Waals surface area contributed by atoms with Gasteiger partial charge in [-0.15, -0.1) is 0 Å². The number of methoxy groups -OCH3 is 1. The molecule has 18 heavy (non-hydrogen) atoms. The fourth-order valence-corrected chi connectivity index (χ4v) is 2.14. The molecule has 1 aliphatic rings. The van der Waals surface area contributed by atoms with E-state index in [2.05, 4.69) is 10.6 Å². The Bertz CT molecular complexity index is 281. The summed E-state index contributed by atoms with van der Waals surface area (Å²) in [5.41, 5.74) is -0.148. The molecule has 0 aromatic carbocycles. The summed E-state index contributed by atoms with van der Waals surface area (Å²) in [6.07, 6.45) is 1.27. The normalized spacial score (nSPS) is 27.4. The van der Waals surface area contributed by atoms with Crippen LogP contribution in [0.4, 0.5) is 0 Å². The highest BCUT2D eigenvalue weighted by Gasteiger charge is 2.47. The summed E-state index contributed by atoms with van der Waals surface area (Å²) >= 11 is 0. The minimum atomic E-state index is -0.271. The standard InChI is InChI=1S/C13H26N2O3/c1-9(12(17)14-6-5-7-18-4)15-10-8-11(16)13(10,2)3/h9-11,15-16H,5-8H2,1-4H3,(H,14,17). The van der Waals surface area contributed by atoms with Crippen LogP contribution in [0.15, 0.2) is 0 Å². The number of hydrogen-bond donors (Lipinski definition) is 3. The molecule has 3 N–H and O–H groups in total. The van der Waals surface area contributed by atoms with Crippen molar-refractivity contribution in [2.45, 2.75) is 51.8 Å². The number of carbonyl (C=O) groups is 1. The maximum atomic E-state index is 11.8. The van der Waals surface area contributed by atoms with E-state index in [1.807, 2.05) is 20.8 Å². The zero-order valence-electron chi connectivity index (χ0n) is 11.8. The van der Waals surface area contributed by atoms with Crippen LogP contribution in [-0.2, 0) is 9.53 Å². The molecule has 3 atom stereocenters. The van der Waals surface area contributed by atoms with Gasteiger partial charge < -0.3 is 20.5 Å². The van der Waals surface area contributed by atoms with Crippen molar-refractivity contribution in [3.8, 4) is 0 Å². The van der Waals surface area contributed by atoms with E-state index in [0.29, 0.717) is 19.6 Å². The van der Waals surface area contributed by atoms with Crippen molar-refractivity contribution in [1.82, 2.24) is 10.6 Å². The van der Waals surface area contributed by atoms with Gasteiger partial charge >= 0.3 is 0 Å². The Balaban J connectivity index is 2.24. The Hall–Kier alpha value is -0.650. The third kappa shape index (κ3) is 3.67. The van der Waals surface area contributed by atoms with Crippen LogP contribution in [0.2, 0.25) is 0 Å². The Morgan fingerprint density at radius 2 is 2.22 bits per heavy atom. The fraction of sp³-hybridized carbons (Fsp3) is 0.923. The highest BCUT2D eigenvalue weighted by atomic mass is 16.5. The van der Waals surface area contributed by atoms with Gasteiger partial charge in [0, 0.05) is 31.7 Å². The van der Waals surface area contributed by atoms with Gasteiger partial charge in [-0.3, -0.25) is 4.79 Å². The second-order valence-electron chi connectivity index (χ2n) is 5.65. The fourth-order valence-electron chi connectivity index (χ4n) is 2.14. The Morgan fingerprint density at radius 1 is 1.56 bits per heavy atom. The van der Waals surface area contributed by atoms with Crippen LogP contribution in [-0.4, -0.2) is 49.5 Å². The molecular formula is C13H26N2O3. The molecule has 1 amide bonds. The van der Waals surface area contributed by atoms with Crippen molar-refractivity contribution in [3.63, 3.8) is 0 Å². The first-order valence-corrected chi connectivity index (χ1v) is 6.60. The second-order valence-corrected chi connectivity index (χ2v) is 5.65. The van der Waals surface area contributed by atoms with E-state index >= 15 is 0 Å². The number of aliphatic hydroxyl groups is 1. The summed E-state index contributed by atoms with van der Waals surface area (Å²) in [5.74, 6) is 0.00305. The topological polar surface area (TPSA) is 70.6 Å². The SMILES string of the molecule is COCCCNC(=O)C(C)NC1CC(O)C1(C)C. The third-order valence-corrected chi connectivity index (χ3v) is 3.88. The van der Waals surface area contributed by atoms with Gasteiger partial charge in [-0.05, 0) is 19.8 Å². The highest BCUT2D eigenvalue weighted by molar-refractivity contribution is 5.81. The number of rotatable bonds is 7. The summed E-state index contributed by atoms with van der Waals surface area (Å²) in [4.78, 5) is 11.8. The summed E-state index contributed by atoms with van der Waals surface area (Å²) in [5, 5.41) is 15.8. The van der Waals surface area contributed by atoms with Gasteiger partial charge in [0.25, 0.3) is 0 Å². The van der Waals surface area contributed by atoms with E-state index in [1.54, 1.807) is 7.11 Å². The van der Waals surface area contributed by atoms with E-state index in [9.17, 15) is 9.90 Å². The van der Waals surface area contributed by atoms with Gasteiger partial charge in [0.05, 0.1) is 12.1 Å². The second kappa shape index (κ2) is 6.50. The maximum Gasteiger partial charge on any atom is 0.236 e. The van der Waals surface area contributed by atoms with Crippen LogP contribution in [0.3, 0.4) is 0 Å². The predicted molar refractivity (Wildman–Crippen MR) is 70.3 cm³/mol. The van der Waals surface area contributed by atoms with Gasteiger partial charge in [0.15, 0.2) is 0 Å². The van der Waals surface area contributed by atoms with Crippen LogP contribution in [0.1, 0.15) is 33.6 Å². The molecule has 0 aromatic heterocycles. The molecule has 106 valence electrons. The van der Waals surface area contributed by atoms with E-state index in [4.69, 9.17) is 4.74 Å². The van der Waals surface area contributed by atoms with Gasteiger partial charge in [0.1, 0.15) is 0 Å². The average Bonchev–Trinajstić information content (AvgIpc) is 2.33. The number of amides is 1. The van der Waals surface area contributed by atoms with Crippen molar-refractivity contribution in [3.05, 3.63) is 0 Å².